The molecule has 6 heteroatoms. The minimum absolute atomic E-state index is 0.118. The highest BCUT2D eigenvalue weighted by molar-refractivity contribution is 6.34. The van der Waals surface area contributed by atoms with Gasteiger partial charge in [0.15, 0.2) is 0 Å². The van der Waals surface area contributed by atoms with Crippen LogP contribution in [0.4, 0.5) is 5.82 Å². The molecule has 1 unspecified atom stereocenters. The number of hydrogen-bond donors (Lipinski definition) is 1. The lowest BCUT2D eigenvalue weighted by atomic mass is 10.2. The van der Waals surface area contributed by atoms with Gasteiger partial charge in [-0.2, -0.15) is 5.26 Å². The molecule has 18 heavy (non-hydrogen) atoms. The number of nitriles is 1. The summed E-state index contributed by atoms with van der Waals surface area (Å²) in [5, 5.41) is 12.6. The molecule has 1 aliphatic rings. The molecule has 0 amide bonds. The van der Waals surface area contributed by atoms with Crippen LogP contribution < -0.4 is 10.2 Å². The predicted octanol–water partition coefficient (Wildman–Crippen LogP) is 1.03. The minimum Gasteiger partial charge on any atom is -0.374 e. The van der Waals surface area contributed by atoms with Crippen molar-refractivity contribution in [1.29, 1.82) is 5.26 Å². The van der Waals surface area contributed by atoms with Crippen molar-refractivity contribution in [1.82, 2.24) is 10.3 Å². The monoisotopic (exact) mass is 266 g/mol. The van der Waals surface area contributed by atoms with Crippen molar-refractivity contribution in [3.63, 3.8) is 0 Å². The first-order chi connectivity index (χ1) is 8.72. The molecule has 0 aliphatic carbocycles. The Morgan fingerprint density at radius 3 is 3.22 bits per heavy atom. The maximum atomic E-state index is 8.93. The summed E-state index contributed by atoms with van der Waals surface area (Å²) in [6.45, 7) is 3.12. The standard InChI is InChI=1S/C12H15ClN4O/c1-17(8-10-7-15-4-5-18-10)12-11(13)9(6-14)2-3-16-12/h2-3,10,15H,4-5,7-8H2,1H3. The van der Waals surface area contributed by atoms with E-state index >= 15 is 0 Å². The Kier molecular flexibility index (Phi) is 4.37. The number of likely N-dealkylation sites (N-methyl/N-ethyl adjacent to an activating group) is 1. The third-order valence-electron chi connectivity index (χ3n) is 2.83. The number of ether oxygens (including phenoxy) is 1. The molecule has 1 saturated heterocycles. The van der Waals surface area contributed by atoms with E-state index in [1.165, 1.54) is 0 Å². The van der Waals surface area contributed by atoms with E-state index in [9.17, 15) is 0 Å². The second-order valence-electron chi connectivity index (χ2n) is 4.19. The Bertz CT molecular complexity index is 454. The van der Waals surface area contributed by atoms with Gasteiger partial charge in [0.2, 0.25) is 0 Å². The summed E-state index contributed by atoms with van der Waals surface area (Å²) >= 11 is 6.14. The third-order valence-corrected chi connectivity index (χ3v) is 3.21. The predicted molar refractivity (Wildman–Crippen MR) is 69.8 cm³/mol. The number of pyridine rings is 1. The second-order valence-corrected chi connectivity index (χ2v) is 4.56. The lowest BCUT2D eigenvalue weighted by Gasteiger charge is -2.29. The second kappa shape index (κ2) is 6.01. The van der Waals surface area contributed by atoms with E-state index < -0.39 is 0 Å². The SMILES string of the molecule is CN(CC1CNCCO1)c1nccc(C#N)c1Cl. The van der Waals surface area contributed by atoms with Crippen LogP contribution in [-0.2, 0) is 4.74 Å². The first kappa shape index (κ1) is 13.1. The van der Waals surface area contributed by atoms with Gasteiger partial charge in [-0.25, -0.2) is 4.98 Å². The summed E-state index contributed by atoms with van der Waals surface area (Å²) in [5.41, 5.74) is 0.441. The van der Waals surface area contributed by atoms with Gasteiger partial charge in [-0.3, -0.25) is 0 Å². The van der Waals surface area contributed by atoms with Crippen molar-refractivity contribution < 1.29 is 4.74 Å². The molecular formula is C12H15ClN4O. The van der Waals surface area contributed by atoms with Crippen molar-refractivity contribution >= 4 is 17.4 Å². The van der Waals surface area contributed by atoms with Gasteiger partial charge in [0, 0.05) is 32.9 Å². The van der Waals surface area contributed by atoms with Gasteiger partial charge in [-0.15, -0.1) is 0 Å². The molecule has 2 rings (SSSR count). The van der Waals surface area contributed by atoms with Crippen molar-refractivity contribution in [2.24, 2.45) is 0 Å². The summed E-state index contributed by atoms with van der Waals surface area (Å²) in [4.78, 5) is 6.14. The molecule has 1 atom stereocenters. The highest BCUT2D eigenvalue weighted by Gasteiger charge is 2.18. The van der Waals surface area contributed by atoms with E-state index in [2.05, 4.69) is 16.4 Å². The number of nitrogens with one attached hydrogen (secondary N) is 1. The smallest absolute Gasteiger partial charge is 0.148 e. The highest BCUT2D eigenvalue weighted by atomic mass is 35.5. The molecular weight excluding hydrogens is 252 g/mol. The molecule has 2 heterocycles. The van der Waals surface area contributed by atoms with E-state index in [-0.39, 0.29) is 6.10 Å². The zero-order chi connectivity index (χ0) is 13.0. The number of nitrogens with zero attached hydrogens (tertiary/aromatic N) is 3. The van der Waals surface area contributed by atoms with Crippen LogP contribution in [0.3, 0.4) is 0 Å². The quantitative estimate of drug-likeness (QED) is 0.886. The van der Waals surface area contributed by atoms with Gasteiger partial charge in [0.25, 0.3) is 0 Å². The van der Waals surface area contributed by atoms with Gasteiger partial charge in [0.1, 0.15) is 16.9 Å². The third kappa shape index (κ3) is 2.91. The largest absolute Gasteiger partial charge is 0.374 e. The number of halogens is 1. The van der Waals surface area contributed by atoms with Crippen molar-refractivity contribution in [2.75, 3.05) is 38.2 Å². The topological polar surface area (TPSA) is 61.2 Å². The van der Waals surface area contributed by atoms with Crippen LogP contribution in [0, 0.1) is 11.3 Å². The van der Waals surface area contributed by atoms with Gasteiger partial charge in [-0.1, -0.05) is 11.6 Å². The number of rotatable bonds is 3. The van der Waals surface area contributed by atoms with Crippen molar-refractivity contribution in [2.45, 2.75) is 6.10 Å². The molecule has 0 bridgehead atoms. The van der Waals surface area contributed by atoms with Gasteiger partial charge in [0.05, 0.1) is 18.3 Å². The Labute approximate surface area is 111 Å². The number of morpholine rings is 1. The summed E-state index contributed by atoms with van der Waals surface area (Å²) < 4.78 is 5.63. The average Bonchev–Trinajstić information content (AvgIpc) is 2.40. The Morgan fingerprint density at radius 2 is 2.56 bits per heavy atom. The molecule has 96 valence electrons. The molecule has 1 aromatic rings. The van der Waals surface area contributed by atoms with Gasteiger partial charge in [-0.05, 0) is 6.07 Å². The average molecular weight is 267 g/mol. The van der Waals surface area contributed by atoms with Crippen LogP contribution in [0.15, 0.2) is 12.3 Å². The van der Waals surface area contributed by atoms with Crippen molar-refractivity contribution in [3.8, 4) is 6.07 Å². The van der Waals surface area contributed by atoms with E-state index in [0.717, 1.165) is 19.7 Å². The molecule has 1 aliphatic heterocycles. The maximum absolute atomic E-state index is 8.93. The molecule has 1 fully saturated rings. The molecule has 0 aromatic carbocycles. The molecule has 0 radical (unpaired) electrons. The first-order valence-corrected chi connectivity index (χ1v) is 6.18. The number of hydrogen-bond acceptors (Lipinski definition) is 5. The van der Waals surface area contributed by atoms with E-state index in [1.54, 1.807) is 12.3 Å². The van der Waals surface area contributed by atoms with E-state index in [0.29, 0.717) is 22.9 Å². The summed E-state index contributed by atoms with van der Waals surface area (Å²) in [6, 6.07) is 3.66. The fourth-order valence-electron chi connectivity index (χ4n) is 1.91. The summed E-state index contributed by atoms with van der Waals surface area (Å²) in [5.74, 6) is 0.616. The first-order valence-electron chi connectivity index (χ1n) is 5.80. The lowest BCUT2D eigenvalue weighted by Crippen LogP contribution is -2.44. The van der Waals surface area contributed by atoms with E-state index in [1.807, 2.05) is 11.9 Å². The zero-order valence-electron chi connectivity index (χ0n) is 10.2. The Hall–Kier alpha value is -1.35. The van der Waals surface area contributed by atoms with Crippen LogP contribution in [0.2, 0.25) is 5.02 Å². The van der Waals surface area contributed by atoms with Crippen LogP contribution in [0.25, 0.3) is 0 Å². The zero-order valence-corrected chi connectivity index (χ0v) is 10.9. The summed E-state index contributed by atoms with van der Waals surface area (Å²) in [7, 11) is 1.90. The molecule has 1 aromatic heterocycles. The van der Waals surface area contributed by atoms with Gasteiger partial charge >= 0.3 is 0 Å². The minimum atomic E-state index is 0.118. The van der Waals surface area contributed by atoms with Gasteiger partial charge < -0.3 is 15.0 Å². The molecule has 0 saturated carbocycles. The van der Waals surface area contributed by atoms with E-state index in [4.69, 9.17) is 21.6 Å². The number of anilines is 1. The summed E-state index contributed by atoms with van der Waals surface area (Å²) in [6.07, 6.45) is 1.71. The van der Waals surface area contributed by atoms with Crippen LogP contribution >= 0.6 is 11.6 Å². The molecule has 1 N–H and O–H groups in total. The normalized spacial score (nSPS) is 19.3. The fourth-order valence-corrected chi connectivity index (χ4v) is 2.21. The number of aromatic nitrogens is 1. The lowest BCUT2D eigenvalue weighted by molar-refractivity contribution is 0.0339. The Balaban J connectivity index is 2.08. The van der Waals surface area contributed by atoms with Crippen LogP contribution in [0.5, 0.6) is 0 Å². The fraction of sp³-hybridized carbons (Fsp3) is 0.500. The Morgan fingerprint density at radius 1 is 1.72 bits per heavy atom. The van der Waals surface area contributed by atoms with Crippen LogP contribution in [0.1, 0.15) is 5.56 Å². The van der Waals surface area contributed by atoms with Crippen LogP contribution in [-0.4, -0.2) is 44.4 Å². The highest BCUT2D eigenvalue weighted by Crippen LogP contribution is 2.25. The molecule has 0 spiro atoms. The van der Waals surface area contributed by atoms with Crippen molar-refractivity contribution in [3.05, 3.63) is 22.8 Å². The molecule has 5 nitrogen and oxygen atoms in total. The maximum Gasteiger partial charge on any atom is 0.148 e.